The second-order valence-corrected chi connectivity index (χ2v) is 6.55. The van der Waals surface area contributed by atoms with Crippen molar-refractivity contribution in [3.8, 4) is 11.3 Å². The van der Waals surface area contributed by atoms with Crippen LogP contribution in [0.5, 0.6) is 0 Å². The number of benzene rings is 1. The highest BCUT2D eigenvalue weighted by molar-refractivity contribution is 5.69. The highest BCUT2D eigenvalue weighted by atomic mass is 16.3. The molecule has 0 radical (unpaired) electrons. The van der Waals surface area contributed by atoms with Crippen molar-refractivity contribution >= 4 is 0 Å². The standard InChI is InChI=1S/C18H18N4O/c1-11-8-20-22-7-6-14(18(23)16(11)22)17-13-5-3-2-4-12(13)15-9-19-10-21(15)17/h2-5,8-10,14,17-18,23H,6-7H2,1H3/t14-,17?,18+/m0/s1. The van der Waals surface area contributed by atoms with E-state index in [1.165, 1.54) is 11.1 Å². The van der Waals surface area contributed by atoms with Crippen molar-refractivity contribution in [1.29, 1.82) is 0 Å². The first-order chi connectivity index (χ1) is 11.3. The van der Waals surface area contributed by atoms with E-state index in [2.05, 4.69) is 38.9 Å². The van der Waals surface area contributed by atoms with Gasteiger partial charge < -0.3 is 9.67 Å². The summed E-state index contributed by atoms with van der Waals surface area (Å²) in [7, 11) is 0. The number of aryl methyl sites for hydroxylation is 2. The topological polar surface area (TPSA) is 55.9 Å². The van der Waals surface area contributed by atoms with E-state index in [9.17, 15) is 5.11 Å². The molecule has 0 saturated carbocycles. The molecule has 0 saturated heterocycles. The van der Waals surface area contributed by atoms with Crippen molar-refractivity contribution in [2.75, 3.05) is 0 Å². The number of nitrogens with zero attached hydrogens (tertiary/aromatic N) is 4. The van der Waals surface area contributed by atoms with Gasteiger partial charge in [-0.1, -0.05) is 24.3 Å². The van der Waals surface area contributed by atoms with E-state index >= 15 is 0 Å². The Kier molecular flexibility index (Phi) is 2.59. The van der Waals surface area contributed by atoms with Gasteiger partial charge in [0.2, 0.25) is 0 Å². The molecule has 5 heteroatoms. The van der Waals surface area contributed by atoms with E-state index < -0.39 is 6.10 Å². The lowest BCUT2D eigenvalue weighted by molar-refractivity contribution is 0.0520. The number of hydrogen-bond acceptors (Lipinski definition) is 3. The molecule has 0 spiro atoms. The van der Waals surface area contributed by atoms with Crippen molar-refractivity contribution in [3.63, 3.8) is 0 Å². The van der Waals surface area contributed by atoms with Gasteiger partial charge >= 0.3 is 0 Å². The second-order valence-electron chi connectivity index (χ2n) is 6.55. The smallest absolute Gasteiger partial charge is 0.101 e. The molecule has 2 aliphatic rings. The van der Waals surface area contributed by atoms with Gasteiger partial charge in [-0.25, -0.2) is 4.98 Å². The van der Waals surface area contributed by atoms with Crippen LogP contribution in [0.15, 0.2) is 43.0 Å². The molecule has 0 aliphatic carbocycles. The zero-order valence-electron chi connectivity index (χ0n) is 12.9. The van der Waals surface area contributed by atoms with E-state index in [1.54, 1.807) is 0 Å². The van der Waals surface area contributed by atoms with Gasteiger partial charge in [0.25, 0.3) is 0 Å². The first-order valence-corrected chi connectivity index (χ1v) is 8.07. The Morgan fingerprint density at radius 3 is 3.00 bits per heavy atom. The number of aliphatic hydroxyl groups excluding tert-OH is 1. The van der Waals surface area contributed by atoms with E-state index in [0.29, 0.717) is 0 Å². The van der Waals surface area contributed by atoms with Gasteiger partial charge in [0.15, 0.2) is 0 Å². The van der Waals surface area contributed by atoms with Crippen molar-refractivity contribution in [3.05, 3.63) is 59.8 Å². The van der Waals surface area contributed by atoms with Crippen LogP contribution in [0.2, 0.25) is 0 Å². The highest BCUT2D eigenvalue weighted by Gasteiger charge is 2.41. The lowest BCUT2D eigenvalue weighted by atomic mass is 9.82. The van der Waals surface area contributed by atoms with E-state index in [-0.39, 0.29) is 12.0 Å². The molecule has 4 heterocycles. The molecule has 1 aromatic carbocycles. The van der Waals surface area contributed by atoms with Crippen LogP contribution in [0.1, 0.15) is 35.4 Å². The van der Waals surface area contributed by atoms with Gasteiger partial charge in [0, 0.05) is 18.0 Å². The molecule has 0 amide bonds. The summed E-state index contributed by atoms with van der Waals surface area (Å²) in [5, 5.41) is 15.4. The summed E-state index contributed by atoms with van der Waals surface area (Å²) < 4.78 is 4.17. The predicted octanol–water partition coefficient (Wildman–Crippen LogP) is 2.71. The molecule has 5 nitrogen and oxygen atoms in total. The summed E-state index contributed by atoms with van der Waals surface area (Å²) in [4.78, 5) is 4.33. The number of fused-ring (bicyclic) bond motifs is 4. The molecule has 3 aromatic rings. The highest BCUT2D eigenvalue weighted by Crippen LogP contribution is 2.48. The van der Waals surface area contributed by atoms with Gasteiger partial charge in [-0.2, -0.15) is 5.10 Å². The lowest BCUT2D eigenvalue weighted by Crippen LogP contribution is -2.31. The summed E-state index contributed by atoms with van der Waals surface area (Å²) in [5.41, 5.74) is 5.71. The number of rotatable bonds is 1. The Balaban J connectivity index is 1.65. The molecule has 0 bridgehead atoms. The molecule has 3 atom stereocenters. The molecule has 2 aromatic heterocycles. The van der Waals surface area contributed by atoms with Gasteiger partial charge in [-0.15, -0.1) is 0 Å². The summed E-state index contributed by atoms with van der Waals surface area (Å²) in [6, 6.07) is 8.61. The summed E-state index contributed by atoms with van der Waals surface area (Å²) in [6.07, 6.45) is 6.07. The monoisotopic (exact) mass is 306 g/mol. The Morgan fingerprint density at radius 1 is 1.22 bits per heavy atom. The number of hydrogen-bond donors (Lipinski definition) is 1. The van der Waals surface area contributed by atoms with Gasteiger partial charge in [0.1, 0.15) is 6.10 Å². The average molecular weight is 306 g/mol. The Labute approximate surface area is 134 Å². The van der Waals surface area contributed by atoms with E-state index in [0.717, 1.165) is 29.9 Å². The maximum Gasteiger partial charge on any atom is 0.101 e. The first kappa shape index (κ1) is 13.1. The minimum atomic E-state index is -0.502. The fourth-order valence-electron chi connectivity index (χ4n) is 4.32. The molecule has 116 valence electrons. The van der Waals surface area contributed by atoms with Crippen LogP contribution in [0.3, 0.4) is 0 Å². The number of aromatic nitrogens is 4. The van der Waals surface area contributed by atoms with Crippen LogP contribution in [0, 0.1) is 12.8 Å². The maximum absolute atomic E-state index is 11.0. The molecule has 1 unspecified atom stereocenters. The Morgan fingerprint density at radius 2 is 2.09 bits per heavy atom. The van der Waals surface area contributed by atoms with E-state index in [4.69, 9.17) is 0 Å². The van der Waals surface area contributed by atoms with Crippen molar-refractivity contribution in [1.82, 2.24) is 19.3 Å². The molecule has 5 rings (SSSR count). The number of imidazole rings is 1. The molecule has 1 N–H and O–H groups in total. The largest absolute Gasteiger partial charge is 0.386 e. The van der Waals surface area contributed by atoms with Crippen LogP contribution in [0.25, 0.3) is 11.3 Å². The minimum Gasteiger partial charge on any atom is -0.386 e. The molecule has 2 aliphatic heterocycles. The van der Waals surface area contributed by atoms with Crippen LogP contribution >= 0.6 is 0 Å². The van der Waals surface area contributed by atoms with Crippen molar-refractivity contribution < 1.29 is 5.11 Å². The number of aliphatic hydroxyl groups is 1. The van der Waals surface area contributed by atoms with Crippen LogP contribution in [-0.2, 0) is 6.54 Å². The fourth-order valence-corrected chi connectivity index (χ4v) is 4.32. The zero-order valence-corrected chi connectivity index (χ0v) is 12.9. The summed E-state index contributed by atoms with van der Waals surface area (Å²) in [5.74, 6) is 0.134. The van der Waals surface area contributed by atoms with Crippen molar-refractivity contribution in [2.24, 2.45) is 5.92 Å². The molecule has 23 heavy (non-hydrogen) atoms. The third-order valence-corrected chi connectivity index (χ3v) is 5.36. The fraction of sp³-hybridized carbons (Fsp3) is 0.333. The van der Waals surface area contributed by atoms with Crippen LogP contribution < -0.4 is 0 Å². The van der Waals surface area contributed by atoms with Crippen molar-refractivity contribution in [2.45, 2.75) is 32.0 Å². The normalized spacial score (nSPS) is 25.0. The van der Waals surface area contributed by atoms with Crippen LogP contribution in [-0.4, -0.2) is 24.4 Å². The maximum atomic E-state index is 11.0. The first-order valence-electron chi connectivity index (χ1n) is 8.07. The van der Waals surface area contributed by atoms with Gasteiger partial charge in [-0.05, 0) is 24.5 Å². The average Bonchev–Trinajstić information content (AvgIpc) is 3.23. The lowest BCUT2D eigenvalue weighted by Gasteiger charge is -2.34. The minimum absolute atomic E-state index is 0.134. The summed E-state index contributed by atoms with van der Waals surface area (Å²) in [6.45, 7) is 2.88. The van der Waals surface area contributed by atoms with Crippen LogP contribution in [0.4, 0.5) is 0 Å². The van der Waals surface area contributed by atoms with Gasteiger partial charge in [-0.3, -0.25) is 4.68 Å². The zero-order chi connectivity index (χ0) is 15.6. The summed E-state index contributed by atoms with van der Waals surface area (Å²) >= 11 is 0. The van der Waals surface area contributed by atoms with E-state index in [1.807, 2.05) is 30.3 Å². The Hall–Kier alpha value is -2.40. The van der Waals surface area contributed by atoms with Gasteiger partial charge in [0.05, 0.1) is 36.2 Å². The quantitative estimate of drug-likeness (QED) is 0.752. The molecular weight excluding hydrogens is 288 g/mol. The predicted molar refractivity (Wildman–Crippen MR) is 85.8 cm³/mol. The Bertz CT molecular complexity index is 894. The SMILES string of the molecule is Cc1cnn2c1[C@H](O)[C@H](C1c3ccccc3-c3cncn31)CC2. The third kappa shape index (κ3) is 1.65. The molecular formula is C18H18N4O. The molecule has 0 fully saturated rings. The second kappa shape index (κ2) is 4.55. The third-order valence-electron chi connectivity index (χ3n) is 5.36.